The average Bonchev–Trinajstić information content (AvgIpc) is 2.71. The van der Waals surface area contributed by atoms with Crippen molar-refractivity contribution >= 4 is 5.96 Å². The molecule has 0 spiro atoms. The van der Waals surface area contributed by atoms with Gasteiger partial charge in [0.05, 0.1) is 19.7 Å². The summed E-state index contributed by atoms with van der Waals surface area (Å²) in [6.45, 7) is 5.37. The third-order valence-corrected chi connectivity index (χ3v) is 2.49. The summed E-state index contributed by atoms with van der Waals surface area (Å²) in [5, 5.41) is 11.8. The molecule has 0 aliphatic heterocycles. The van der Waals surface area contributed by atoms with Crippen molar-refractivity contribution in [1.29, 1.82) is 0 Å². The number of hydrogen-bond donors (Lipinski definition) is 2. The number of aliphatic imine (C=N–C) groups is 1. The number of rotatable bonds is 8. The van der Waals surface area contributed by atoms with E-state index in [0.717, 1.165) is 6.42 Å². The lowest BCUT2D eigenvalue weighted by molar-refractivity contribution is 0.0515. The normalized spacial score (nSPS) is 12.6. The Labute approximate surface area is 113 Å². The van der Waals surface area contributed by atoms with Crippen molar-refractivity contribution in [2.24, 2.45) is 29.4 Å². The summed E-state index contributed by atoms with van der Waals surface area (Å²) in [6.07, 6.45) is 1.40. The summed E-state index contributed by atoms with van der Waals surface area (Å²) in [4.78, 5) is 5.41. The lowest BCUT2D eigenvalue weighted by atomic mass is 10.1. The van der Waals surface area contributed by atoms with E-state index in [0.29, 0.717) is 31.3 Å². The van der Waals surface area contributed by atoms with Crippen LogP contribution in [0.15, 0.2) is 4.99 Å². The molecule has 0 fully saturated rings. The first-order chi connectivity index (χ1) is 8.97. The molecule has 8 nitrogen and oxygen atoms in total. The van der Waals surface area contributed by atoms with E-state index in [9.17, 15) is 0 Å². The highest BCUT2D eigenvalue weighted by Crippen LogP contribution is 2.05. The third-order valence-electron chi connectivity index (χ3n) is 2.49. The van der Waals surface area contributed by atoms with Crippen LogP contribution < -0.4 is 11.5 Å². The van der Waals surface area contributed by atoms with Crippen molar-refractivity contribution in [1.82, 2.24) is 20.2 Å². The topological polar surface area (TPSA) is 117 Å². The highest BCUT2D eigenvalue weighted by Gasteiger charge is 2.13. The van der Waals surface area contributed by atoms with Crippen LogP contribution in [0.1, 0.15) is 26.1 Å². The standard InChI is InChI=1S/C11H23N7O/c1-8(2)4-5-19-9(7-14-11(12)13)6-10-15-17-18(3)16-10/h8-9H,4-7H2,1-3H3,(H4,12,13,14). The lowest BCUT2D eigenvalue weighted by Gasteiger charge is -2.15. The Morgan fingerprint density at radius 1 is 1.42 bits per heavy atom. The number of guanidine groups is 1. The summed E-state index contributed by atoms with van der Waals surface area (Å²) >= 11 is 0. The van der Waals surface area contributed by atoms with E-state index in [4.69, 9.17) is 16.2 Å². The molecule has 108 valence electrons. The Morgan fingerprint density at radius 3 is 2.68 bits per heavy atom. The summed E-state index contributed by atoms with van der Waals surface area (Å²) in [5.74, 6) is 1.28. The molecule has 0 aliphatic carbocycles. The van der Waals surface area contributed by atoms with E-state index in [1.165, 1.54) is 4.80 Å². The Kier molecular flexibility index (Phi) is 6.20. The first-order valence-corrected chi connectivity index (χ1v) is 6.37. The van der Waals surface area contributed by atoms with Gasteiger partial charge in [-0.25, -0.2) is 0 Å². The Morgan fingerprint density at radius 2 is 2.16 bits per heavy atom. The molecule has 0 radical (unpaired) electrons. The van der Waals surface area contributed by atoms with E-state index in [1.807, 2.05) is 0 Å². The third kappa shape index (κ3) is 6.70. The Bertz CT molecular complexity index is 398. The summed E-state index contributed by atoms with van der Waals surface area (Å²) in [7, 11) is 1.72. The van der Waals surface area contributed by atoms with Crippen molar-refractivity contribution in [2.45, 2.75) is 32.8 Å². The smallest absolute Gasteiger partial charge is 0.185 e. The predicted molar refractivity (Wildman–Crippen MR) is 72.4 cm³/mol. The van der Waals surface area contributed by atoms with Crippen LogP contribution in [0, 0.1) is 5.92 Å². The molecule has 0 amide bonds. The van der Waals surface area contributed by atoms with Crippen LogP contribution in [0.3, 0.4) is 0 Å². The van der Waals surface area contributed by atoms with Crippen LogP contribution in [0.25, 0.3) is 0 Å². The first kappa shape index (κ1) is 15.4. The fraction of sp³-hybridized carbons (Fsp3) is 0.818. The molecule has 0 aliphatic rings. The maximum absolute atomic E-state index is 5.78. The van der Waals surface area contributed by atoms with Crippen LogP contribution in [-0.4, -0.2) is 45.4 Å². The second kappa shape index (κ2) is 7.67. The number of hydrogen-bond acceptors (Lipinski definition) is 5. The fourth-order valence-corrected chi connectivity index (χ4v) is 1.46. The van der Waals surface area contributed by atoms with Crippen LogP contribution in [0.5, 0.6) is 0 Å². The van der Waals surface area contributed by atoms with Crippen LogP contribution >= 0.6 is 0 Å². The Hall–Kier alpha value is -1.70. The number of nitrogens with zero attached hydrogens (tertiary/aromatic N) is 5. The molecule has 0 saturated heterocycles. The second-order valence-electron chi connectivity index (χ2n) is 4.84. The fourth-order valence-electron chi connectivity index (χ4n) is 1.46. The highest BCUT2D eigenvalue weighted by atomic mass is 16.5. The van der Waals surface area contributed by atoms with Gasteiger partial charge in [0.25, 0.3) is 0 Å². The number of tetrazole rings is 1. The van der Waals surface area contributed by atoms with Crippen LogP contribution in [0.4, 0.5) is 0 Å². The van der Waals surface area contributed by atoms with E-state index >= 15 is 0 Å². The van der Waals surface area contributed by atoms with Gasteiger partial charge in [0.15, 0.2) is 11.8 Å². The van der Waals surface area contributed by atoms with Crippen LogP contribution in [-0.2, 0) is 18.2 Å². The van der Waals surface area contributed by atoms with Crippen LogP contribution in [0.2, 0.25) is 0 Å². The summed E-state index contributed by atoms with van der Waals surface area (Å²) in [5.41, 5.74) is 10.7. The van der Waals surface area contributed by atoms with Gasteiger partial charge >= 0.3 is 0 Å². The molecule has 1 rings (SSSR count). The number of aromatic nitrogens is 4. The van der Waals surface area contributed by atoms with E-state index in [-0.39, 0.29) is 12.1 Å². The van der Waals surface area contributed by atoms with Gasteiger partial charge in [-0.3, -0.25) is 4.99 Å². The summed E-state index contributed by atoms with van der Waals surface area (Å²) in [6, 6.07) is 0. The molecule has 19 heavy (non-hydrogen) atoms. The molecule has 1 aromatic rings. The van der Waals surface area contributed by atoms with Gasteiger partial charge in [-0.05, 0) is 17.6 Å². The van der Waals surface area contributed by atoms with Crippen molar-refractivity contribution in [3.05, 3.63) is 5.82 Å². The number of ether oxygens (including phenoxy) is 1. The minimum Gasteiger partial charge on any atom is -0.376 e. The molecule has 0 aromatic carbocycles. The number of nitrogens with two attached hydrogens (primary N) is 2. The zero-order valence-electron chi connectivity index (χ0n) is 11.8. The largest absolute Gasteiger partial charge is 0.376 e. The van der Waals surface area contributed by atoms with Gasteiger partial charge in [-0.2, -0.15) is 4.80 Å². The molecule has 1 aromatic heterocycles. The lowest BCUT2D eigenvalue weighted by Crippen LogP contribution is -2.27. The quantitative estimate of drug-likeness (QED) is 0.483. The van der Waals surface area contributed by atoms with E-state index in [2.05, 4.69) is 34.3 Å². The maximum atomic E-state index is 5.78. The van der Waals surface area contributed by atoms with Gasteiger partial charge < -0.3 is 16.2 Å². The molecule has 0 bridgehead atoms. The molecule has 1 heterocycles. The van der Waals surface area contributed by atoms with Crippen molar-refractivity contribution in [3.63, 3.8) is 0 Å². The molecule has 8 heteroatoms. The maximum Gasteiger partial charge on any atom is 0.185 e. The zero-order chi connectivity index (χ0) is 14.3. The second-order valence-corrected chi connectivity index (χ2v) is 4.84. The van der Waals surface area contributed by atoms with Gasteiger partial charge in [-0.1, -0.05) is 13.8 Å². The SMILES string of the molecule is CC(C)CCOC(CN=C(N)N)Cc1nnn(C)n1. The van der Waals surface area contributed by atoms with Crippen molar-refractivity contribution in [2.75, 3.05) is 13.2 Å². The van der Waals surface area contributed by atoms with Gasteiger partial charge in [0.1, 0.15) is 0 Å². The Balaban J connectivity index is 2.50. The van der Waals surface area contributed by atoms with E-state index < -0.39 is 0 Å². The molecular formula is C11H23N7O. The predicted octanol–water partition coefficient (Wildman–Crippen LogP) is -0.543. The molecule has 1 unspecified atom stereocenters. The minimum atomic E-state index is -0.134. The van der Waals surface area contributed by atoms with Gasteiger partial charge in [0, 0.05) is 13.0 Å². The molecule has 0 saturated carbocycles. The number of aryl methyl sites for hydroxylation is 1. The monoisotopic (exact) mass is 269 g/mol. The molecule has 4 N–H and O–H groups in total. The van der Waals surface area contributed by atoms with Crippen molar-refractivity contribution < 1.29 is 4.74 Å². The minimum absolute atomic E-state index is 0.0598. The first-order valence-electron chi connectivity index (χ1n) is 6.37. The van der Waals surface area contributed by atoms with Gasteiger partial charge in [-0.15, -0.1) is 10.2 Å². The zero-order valence-corrected chi connectivity index (χ0v) is 11.8. The highest BCUT2D eigenvalue weighted by molar-refractivity contribution is 5.75. The van der Waals surface area contributed by atoms with Crippen molar-refractivity contribution in [3.8, 4) is 0 Å². The average molecular weight is 269 g/mol. The molecular weight excluding hydrogens is 246 g/mol. The summed E-state index contributed by atoms with van der Waals surface area (Å²) < 4.78 is 5.78. The van der Waals surface area contributed by atoms with E-state index in [1.54, 1.807) is 7.05 Å². The van der Waals surface area contributed by atoms with Gasteiger partial charge in [0.2, 0.25) is 0 Å². The molecule has 1 atom stereocenters.